The van der Waals surface area contributed by atoms with Crippen LogP contribution in [0.5, 0.6) is 5.75 Å². The summed E-state index contributed by atoms with van der Waals surface area (Å²) in [5.74, 6) is 0.737. The topological polar surface area (TPSA) is 129 Å². The van der Waals surface area contributed by atoms with Gasteiger partial charge in [-0.15, -0.1) is 0 Å². The summed E-state index contributed by atoms with van der Waals surface area (Å²) in [5.41, 5.74) is 2.81. The molecule has 0 aliphatic carbocycles. The lowest BCUT2D eigenvalue weighted by Gasteiger charge is -2.14. The molecule has 33 heavy (non-hydrogen) atoms. The van der Waals surface area contributed by atoms with Gasteiger partial charge in [0, 0.05) is 36.4 Å². The summed E-state index contributed by atoms with van der Waals surface area (Å²) < 4.78 is 33.1. The fourth-order valence-corrected chi connectivity index (χ4v) is 4.35. The van der Waals surface area contributed by atoms with E-state index in [1.165, 1.54) is 12.3 Å². The number of sulfonamides is 1. The van der Waals surface area contributed by atoms with Crippen LogP contribution in [0.2, 0.25) is 0 Å². The second-order valence-electron chi connectivity index (χ2n) is 7.48. The number of nitrogens with zero attached hydrogens (tertiary/aromatic N) is 2. The van der Waals surface area contributed by atoms with Crippen LogP contribution in [0, 0.1) is 6.92 Å². The Kier molecular flexibility index (Phi) is 6.87. The van der Waals surface area contributed by atoms with Crippen LogP contribution in [0.4, 0.5) is 5.69 Å². The second kappa shape index (κ2) is 9.99. The minimum atomic E-state index is -3.80. The van der Waals surface area contributed by atoms with Crippen molar-refractivity contribution >= 4 is 26.6 Å². The first-order chi connectivity index (χ1) is 15.9. The summed E-state index contributed by atoms with van der Waals surface area (Å²) in [4.78, 5) is 3.87. The molecule has 10 heteroatoms. The van der Waals surface area contributed by atoms with Crippen molar-refractivity contribution in [3.8, 4) is 5.75 Å². The number of anilines is 1. The Morgan fingerprint density at radius 3 is 2.82 bits per heavy atom. The van der Waals surface area contributed by atoms with E-state index in [4.69, 9.17) is 4.74 Å². The highest BCUT2D eigenvalue weighted by Crippen LogP contribution is 2.22. The van der Waals surface area contributed by atoms with Crippen LogP contribution in [-0.4, -0.2) is 48.4 Å². The first kappa shape index (κ1) is 22.7. The second-order valence-corrected chi connectivity index (χ2v) is 9.11. The SMILES string of the molecule is Cc1n[nH]c2cc(OCCNCC(O)c3cccc(NS(=O)(=O)c4ccccn4)c3)ccc12. The van der Waals surface area contributed by atoms with E-state index >= 15 is 0 Å². The van der Waals surface area contributed by atoms with Crippen LogP contribution < -0.4 is 14.8 Å². The smallest absolute Gasteiger partial charge is 0.279 e. The maximum Gasteiger partial charge on any atom is 0.279 e. The molecule has 172 valence electrons. The van der Waals surface area contributed by atoms with E-state index in [0.29, 0.717) is 30.9 Å². The van der Waals surface area contributed by atoms with E-state index in [1.807, 2.05) is 25.1 Å². The van der Waals surface area contributed by atoms with Gasteiger partial charge < -0.3 is 15.2 Å². The number of aryl methyl sites for hydroxylation is 1. The van der Waals surface area contributed by atoms with Gasteiger partial charge in [0.15, 0.2) is 5.03 Å². The maximum atomic E-state index is 12.4. The Morgan fingerprint density at radius 2 is 2.00 bits per heavy atom. The molecule has 0 aliphatic rings. The molecule has 4 N–H and O–H groups in total. The van der Waals surface area contributed by atoms with Crippen molar-refractivity contribution in [3.05, 3.63) is 78.1 Å². The predicted octanol–water partition coefficient (Wildman–Crippen LogP) is 2.77. The number of aliphatic hydroxyl groups is 1. The Labute approximate surface area is 191 Å². The zero-order valence-electron chi connectivity index (χ0n) is 18.0. The number of nitrogens with one attached hydrogen (secondary N) is 3. The summed E-state index contributed by atoms with van der Waals surface area (Å²) in [6, 6.07) is 17.1. The van der Waals surface area contributed by atoms with Crippen LogP contribution in [0.25, 0.3) is 10.9 Å². The molecule has 0 saturated heterocycles. The zero-order valence-corrected chi connectivity index (χ0v) is 18.8. The van der Waals surface area contributed by atoms with Crippen LogP contribution >= 0.6 is 0 Å². The predicted molar refractivity (Wildman–Crippen MR) is 126 cm³/mol. The fraction of sp³-hybridized carbons (Fsp3) is 0.217. The molecule has 9 nitrogen and oxygen atoms in total. The van der Waals surface area contributed by atoms with Crippen molar-refractivity contribution in [1.82, 2.24) is 20.5 Å². The number of fused-ring (bicyclic) bond motifs is 1. The van der Waals surface area contributed by atoms with E-state index in [-0.39, 0.29) is 5.03 Å². The maximum absolute atomic E-state index is 12.4. The number of rotatable bonds is 10. The average Bonchev–Trinajstić information content (AvgIpc) is 3.19. The summed E-state index contributed by atoms with van der Waals surface area (Å²) in [6.45, 7) is 3.19. The lowest BCUT2D eigenvalue weighted by atomic mass is 10.1. The molecule has 0 radical (unpaired) electrons. The van der Waals surface area contributed by atoms with Crippen molar-refractivity contribution in [1.29, 1.82) is 0 Å². The summed E-state index contributed by atoms with van der Waals surface area (Å²) in [7, 11) is -3.80. The fourth-order valence-electron chi connectivity index (χ4n) is 3.35. The normalized spacial score (nSPS) is 12.5. The molecule has 2 aromatic carbocycles. The van der Waals surface area contributed by atoms with Crippen molar-refractivity contribution in [2.75, 3.05) is 24.4 Å². The zero-order chi connectivity index (χ0) is 23.3. The molecule has 0 bridgehead atoms. The highest BCUT2D eigenvalue weighted by Gasteiger charge is 2.16. The molecule has 1 atom stereocenters. The van der Waals surface area contributed by atoms with E-state index in [2.05, 4.69) is 25.2 Å². The van der Waals surface area contributed by atoms with E-state index in [9.17, 15) is 13.5 Å². The van der Waals surface area contributed by atoms with Gasteiger partial charge in [-0.2, -0.15) is 13.5 Å². The molecule has 2 aromatic heterocycles. The van der Waals surface area contributed by atoms with Gasteiger partial charge in [-0.05, 0) is 48.9 Å². The monoisotopic (exact) mass is 467 g/mol. The largest absolute Gasteiger partial charge is 0.492 e. The van der Waals surface area contributed by atoms with Gasteiger partial charge in [0.25, 0.3) is 10.0 Å². The van der Waals surface area contributed by atoms with Crippen LogP contribution in [0.3, 0.4) is 0 Å². The van der Waals surface area contributed by atoms with Crippen LogP contribution in [0.15, 0.2) is 71.9 Å². The highest BCUT2D eigenvalue weighted by molar-refractivity contribution is 7.92. The van der Waals surface area contributed by atoms with Crippen molar-refractivity contribution < 1.29 is 18.3 Å². The van der Waals surface area contributed by atoms with Crippen molar-refractivity contribution in [2.24, 2.45) is 0 Å². The Balaban J connectivity index is 1.26. The van der Waals surface area contributed by atoms with Crippen molar-refractivity contribution in [2.45, 2.75) is 18.1 Å². The van der Waals surface area contributed by atoms with Gasteiger partial charge in [-0.25, -0.2) is 4.98 Å². The van der Waals surface area contributed by atoms with Gasteiger partial charge in [0.05, 0.1) is 17.3 Å². The Bertz CT molecular complexity index is 1330. The molecule has 1 unspecified atom stereocenters. The number of aliphatic hydroxyl groups excluding tert-OH is 1. The van der Waals surface area contributed by atoms with Gasteiger partial charge in [0.1, 0.15) is 12.4 Å². The molecule has 0 amide bonds. The lowest BCUT2D eigenvalue weighted by molar-refractivity contribution is 0.172. The molecule has 0 spiro atoms. The third-order valence-corrected chi connectivity index (χ3v) is 6.34. The Morgan fingerprint density at radius 1 is 1.12 bits per heavy atom. The number of aromatic nitrogens is 3. The lowest BCUT2D eigenvalue weighted by Crippen LogP contribution is -2.26. The quantitative estimate of drug-likeness (QED) is 0.264. The molecule has 4 rings (SSSR count). The standard InChI is InChI=1S/C23H25N5O4S/c1-16-20-9-8-19(14-21(20)27-26-16)32-12-11-24-15-22(29)17-5-4-6-18(13-17)28-33(30,31)23-7-2-3-10-25-23/h2-10,13-14,22,24,28-29H,11-12,15H2,1H3,(H,26,27). The van der Waals surface area contributed by atoms with Gasteiger partial charge >= 0.3 is 0 Å². The van der Waals surface area contributed by atoms with Gasteiger partial charge in [-0.3, -0.25) is 9.82 Å². The van der Waals surface area contributed by atoms with Crippen LogP contribution in [-0.2, 0) is 10.0 Å². The number of hydrogen-bond acceptors (Lipinski definition) is 7. The molecule has 0 saturated carbocycles. The average molecular weight is 468 g/mol. The van der Waals surface area contributed by atoms with Crippen LogP contribution in [0.1, 0.15) is 17.4 Å². The number of aromatic amines is 1. The number of hydrogen-bond donors (Lipinski definition) is 4. The van der Waals surface area contributed by atoms with Crippen molar-refractivity contribution in [3.63, 3.8) is 0 Å². The molecule has 4 aromatic rings. The summed E-state index contributed by atoms with van der Waals surface area (Å²) >= 11 is 0. The first-order valence-electron chi connectivity index (χ1n) is 10.4. The molecule has 2 heterocycles. The summed E-state index contributed by atoms with van der Waals surface area (Å²) in [5, 5.41) is 21.8. The third kappa shape index (κ3) is 5.67. The van der Waals surface area contributed by atoms with E-state index in [0.717, 1.165) is 22.3 Å². The number of pyridine rings is 1. The first-order valence-corrected chi connectivity index (χ1v) is 11.9. The van der Waals surface area contributed by atoms with Gasteiger partial charge in [0.2, 0.25) is 0 Å². The highest BCUT2D eigenvalue weighted by atomic mass is 32.2. The molecule has 0 aliphatic heterocycles. The summed E-state index contributed by atoms with van der Waals surface area (Å²) in [6.07, 6.45) is 0.606. The van der Waals surface area contributed by atoms with Gasteiger partial charge in [-0.1, -0.05) is 18.2 Å². The number of benzene rings is 2. The molecule has 0 fully saturated rings. The van der Waals surface area contributed by atoms with E-state index < -0.39 is 16.1 Å². The molecular weight excluding hydrogens is 442 g/mol. The molecular formula is C23H25N5O4S. The van der Waals surface area contributed by atoms with E-state index in [1.54, 1.807) is 36.4 Å². The third-order valence-electron chi connectivity index (χ3n) is 5.05. The number of H-pyrrole nitrogens is 1. The minimum absolute atomic E-state index is 0.0700. The Hall–Kier alpha value is -3.47. The minimum Gasteiger partial charge on any atom is -0.492 e. The number of ether oxygens (including phenoxy) is 1.